The number of amides is 5. The fraction of sp³-hybridized carbons (Fsp3) is 0.142. The van der Waals surface area contributed by atoms with Gasteiger partial charge in [-0.15, -0.1) is 0 Å². The molecule has 0 radical (unpaired) electrons. The van der Waals surface area contributed by atoms with Gasteiger partial charge in [-0.3, -0.25) is 33.4 Å². The average Bonchev–Trinajstić information content (AvgIpc) is 1.70. The highest BCUT2D eigenvalue weighted by molar-refractivity contribution is 5.96. The molecule has 10 heterocycles. The minimum absolute atomic E-state index is 0.0999. The largest absolute Gasteiger partial charge is 0.493 e. The number of imidazole rings is 5. The topological polar surface area (TPSA) is 317 Å². The van der Waals surface area contributed by atoms with Gasteiger partial charge in [0.1, 0.15) is 113 Å². The smallest absolute Gasteiger partial charge is 0.271 e. The van der Waals surface area contributed by atoms with Gasteiger partial charge in [0.05, 0.1) is 19.0 Å². The molecule has 0 bridgehead atoms. The number of nitrogens with zero attached hydrogens (tertiary/aromatic N) is 13. The summed E-state index contributed by atoms with van der Waals surface area (Å²) in [7, 11) is 0. The van der Waals surface area contributed by atoms with Gasteiger partial charge in [-0.2, -0.15) is 5.10 Å². The van der Waals surface area contributed by atoms with Crippen molar-refractivity contribution in [3.05, 3.63) is 455 Å². The number of hydrogen-bond acceptors (Lipinski definition) is 18. The van der Waals surface area contributed by atoms with Gasteiger partial charge >= 0.3 is 0 Å². The lowest BCUT2D eigenvalue weighted by Crippen LogP contribution is -2.23. The highest BCUT2D eigenvalue weighted by Crippen LogP contribution is 2.27. The zero-order chi connectivity index (χ0) is 95.2. The van der Waals surface area contributed by atoms with E-state index in [0.717, 1.165) is 51.5 Å². The Morgan fingerprint density at radius 2 is 0.703 bits per heavy atom. The van der Waals surface area contributed by atoms with Gasteiger partial charge in [-0.05, 0) is 174 Å². The summed E-state index contributed by atoms with van der Waals surface area (Å²) < 4.78 is 91.4. The molecule has 0 unspecified atom stereocenters. The molecule has 5 N–H and O–H groups in total. The van der Waals surface area contributed by atoms with E-state index >= 15 is 0 Å². The molecule has 9 aromatic carbocycles. The maximum absolute atomic E-state index is 13.6. The van der Waals surface area contributed by atoms with Crippen LogP contribution in [-0.2, 0) is 59.2 Å². The molecule has 28 nitrogen and oxygen atoms in total. The number of hydrogen-bond donors (Lipinski definition) is 5. The molecule has 0 spiro atoms. The zero-order valence-electron chi connectivity index (χ0n) is 74.4. The second-order valence-corrected chi connectivity index (χ2v) is 31.7. The molecule has 0 aliphatic heterocycles. The van der Waals surface area contributed by atoms with Gasteiger partial charge in [0.2, 0.25) is 5.78 Å². The number of carbonyl (C=O) groups excluding carboxylic acids is 5. The van der Waals surface area contributed by atoms with Crippen molar-refractivity contribution in [3.63, 3.8) is 0 Å². The summed E-state index contributed by atoms with van der Waals surface area (Å²) in [5.74, 6) is 2.33. The third-order valence-electron chi connectivity index (χ3n) is 21.9. The van der Waals surface area contributed by atoms with Crippen LogP contribution in [0.2, 0.25) is 0 Å². The molecule has 138 heavy (non-hydrogen) atoms. The van der Waals surface area contributed by atoms with Gasteiger partial charge in [0.15, 0.2) is 11.3 Å². The molecule has 32 heteroatoms. The molecule has 0 saturated heterocycles. The van der Waals surface area contributed by atoms with Crippen LogP contribution in [0, 0.1) is 29.2 Å². The minimum Gasteiger partial charge on any atom is -0.493 e. The van der Waals surface area contributed by atoms with Crippen LogP contribution in [0.1, 0.15) is 128 Å². The van der Waals surface area contributed by atoms with Gasteiger partial charge in [0.25, 0.3) is 29.5 Å². The number of nitrogens with one attached hydrogen (secondary N) is 5. The fourth-order valence-electron chi connectivity index (χ4n) is 14.3. The van der Waals surface area contributed by atoms with Crippen molar-refractivity contribution in [1.82, 2.24) is 88.7 Å². The van der Waals surface area contributed by atoms with Crippen molar-refractivity contribution in [3.8, 4) is 28.7 Å². The van der Waals surface area contributed by atoms with Crippen molar-refractivity contribution in [1.29, 1.82) is 0 Å². The quantitative estimate of drug-likeness (QED) is 0.0261. The van der Waals surface area contributed by atoms with Crippen LogP contribution in [0.25, 0.3) is 28.4 Å². The van der Waals surface area contributed by atoms with Crippen molar-refractivity contribution >= 4 is 57.9 Å². The number of ether oxygens (including phenoxy) is 5. The molecule has 1 aliphatic carbocycles. The van der Waals surface area contributed by atoms with Crippen LogP contribution < -0.4 is 50.3 Å². The molecule has 694 valence electrons. The first kappa shape index (κ1) is 93.5. The van der Waals surface area contributed by atoms with Crippen LogP contribution in [-0.4, -0.2) is 98.2 Å². The van der Waals surface area contributed by atoms with Crippen LogP contribution in [0.4, 0.5) is 17.6 Å². The fourth-order valence-corrected chi connectivity index (χ4v) is 14.3. The molecule has 1 saturated carbocycles. The van der Waals surface area contributed by atoms with Crippen LogP contribution in [0.3, 0.4) is 0 Å². The highest BCUT2D eigenvalue weighted by Gasteiger charge is 2.20. The van der Waals surface area contributed by atoms with E-state index in [1.807, 2.05) is 114 Å². The maximum atomic E-state index is 13.6. The van der Waals surface area contributed by atoms with Gasteiger partial charge in [0, 0.05) is 135 Å². The predicted molar refractivity (Wildman–Crippen MR) is 508 cm³/mol. The summed E-state index contributed by atoms with van der Waals surface area (Å²) in [6, 6.07) is 77.7. The highest BCUT2D eigenvalue weighted by atomic mass is 19.1. The normalized spacial score (nSPS) is 11.5. The average molecular weight is 1850 g/mol. The third kappa shape index (κ3) is 26.4. The predicted octanol–water partition coefficient (Wildman–Crippen LogP) is 17.9. The molecule has 10 aromatic heterocycles. The van der Waals surface area contributed by atoms with E-state index in [-0.39, 0.29) is 79.2 Å². The second kappa shape index (κ2) is 46.6. The zero-order valence-corrected chi connectivity index (χ0v) is 74.4. The van der Waals surface area contributed by atoms with E-state index in [1.54, 1.807) is 238 Å². The summed E-state index contributed by atoms with van der Waals surface area (Å²) in [5.41, 5.74) is 11.4. The lowest BCUT2D eigenvalue weighted by Gasteiger charge is -2.12. The number of halogens is 4. The number of fused-ring (bicyclic) bond motifs is 5. The van der Waals surface area contributed by atoms with Gasteiger partial charge in [-0.1, -0.05) is 152 Å². The molecule has 20 rings (SSSR count). The molecule has 5 amide bonds. The standard InChI is InChI=1S/C22H18FN3O2.3C21H17FN4O2.C21H23N3O2/c23-19-6-2-1-5-17(19)15-28-18-10-8-16(9-11-18)13-24-22(27)20-14-26-12-4-3-7-21(26)25-20;22-18-5-2-1-4-16(18)14-28-17-8-6-15(7-9-17)12-24-20(27)19-13-26-11-3-10-23-21(26)25-19;22-18-5-2-1-4-16(18)14-28-17-9-7-15(8-10-17)12-23-21(27)19-13-26-20(25-19)6-3-11-24-26;22-18-4-2-1-3-16(18)14-28-17-7-5-15(6-8-17)11-24-21(27)19-13-26-10-9-23-12-20(26)25-19;25-21(18-9-11-24-12-10-22-20(24)13-18)23-14-16-5-7-19(8-6-16)26-15-17-3-1-2-4-17/h1-12,14H,13,15H2,(H,24,27);1-11,13H,12,14H2,(H,24,27);1-11,13H,12,14H2,(H,23,27);1-10,12-13H,11,14H2,(H,24,27);5-13,17H,1-4,14-15H2,(H,23,25). The van der Waals surface area contributed by atoms with Crippen LogP contribution in [0.15, 0.2) is 354 Å². The summed E-state index contributed by atoms with van der Waals surface area (Å²) >= 11 is 0. The van der Waals surface area contributed by atoms with Gasteiger partial charge in [-0.25, -0.2) is 52.0 Å². The van der Waals surface area contributed by atoms with E-state index in [2.05, 4.69) is 66.6 Å². The first-order chi connectivity index (χ1) is 67.5. The van der Waals surface area contributed by atoms with E-state index in [4.69, 9.17) is 23.7 Å². The maximum Gasteiger partial charge on any atom is 0.271 e. The molecular formula is C106H92F4N18O10. The third-order valence-corrected chi connectivity index (χ3v) is 21.9. The molecular weight excluding hydrogens is 1760 g/mol. The monoisotopic (exact) mass is 1850 g/mol. The Kier molecular flexibility index (Phi) is 31.6. The van der Waals surface area contributed by atoms with Crippen molar-refractivity contribution in [2.75, 3.05) is 6.61 Å². The SMILES string of the molecule is O=C(NCc1ccc(OCC2CCCC2)cc1)c1ccn2ccnc2c1.O=C(NCc1ccc(OCc2ccccc2F)cc1)c1cn2ccccc2n1.O=C(NCc1ccc(OCc2ccccc2F)cc1)c1cn2cccnc2n1.O=C(NCc1ccc(OCc2ccccc2F)cc1)c1cn2ccncc2n1.O=C(NCc1ccc(OCc2ccccc2F)cc1)c1cn2ncccc2n1. The van der Waals surface area contributed by atoms with E-state index in [9.17, 15) is 41.5 Å². The molecule has 19 aromatic rings. The lowest BCUT2D eigenvalue weighted by atomic mass is 10.1. The van der Waals surface area contributed by atoms with Crippen molar-refractivity contribution < 1.29 is 65.2 Å². The Balaban J connectivity index is 0.000000125. The minimum atomic E-state index is -0.288. The Hall–Kier alpha value is -17.7. The number of pyridine rings is 2. The number of aromatic nitrogens is 13. The summed E-state index contributed by atoms with van der Waals surface area (Å²) in [4.78, 5) is 90.7. The number of rotatable bonds is 30. The van der Waals surface area contributed by atoms with E-state index in [1.165, 1.54) is 49.9 Å². The number of benzene rings is 9. The van der Waals surface area contributed by atoms with E-state index in [0.29, 0.717) is 129 Å². The van der Waals surface area contributed by atoms with Crippen LogP contribution >= 0.6 is 0 Å². The van der Waals surface area contributed by atoms with Gasteiger partial charge < -0.3 is 63.5 Å². The Labute approximate surface area is 789 Å². The van der Waals surface area contributed by atoms with Crippen molar-refractivity contribution in [2.24, 2.45) is 5.92 Å². The Morgan fingerprint density at radius 3 is 1.14 bits per heavy atom. The summed E-state index contributed by atoms with van der Waals surface area (Å²) in [6.07, 6.45) is 29.1. The lowest BCUT2D eigenvalue weighted by molar-refractivity contribution is 0.0938. The summed E-state index contributed by atoms with van der Waals surface area (Å²) in [5, 5.41) is 18.4. The summed E-state index contributed by atoms with van der Waals surface area (Å²) in [6.45, 7) is 3.38. The second-order valence-electron chi connectivity index (χ2n) is 31.7. The first-order valence-corrected chi connectivity index (χ1v) is 44.2. The number of carbonyl (C=O) groups is 5. The van der Waals surface area contributed by atoms with E-state index < -0.39 is 0 Å². The molecule has 0 atom stereocenters. The Bertz CT molecular complexity index is 6470. The van der Waals surface area contributed by atoms with Crippen molar-refractivity contribution in [2.45, 2.75) is 84.8 Å². The molecule has 1 aliphatic rings. The molecule has 1 fully saturated rings. The first-order valence-electron chi connectivity index (χ1n) is 44.2. The Morgan fingerprint density at radius 1 is 0.319 bits per heavy atom. The van der Waals surface area contributed by atoms with Crippen LogP contribution in [0.5, 0.6) is 28.7 Å².